The third-order valence-corrected chi connectivity index (χ3v) is 4.77. The molecule has 0 amide bonds. The van der Waals surface area contributed by atoms with Crippen molar-refractivity contribution in [3.63, 3.8) is 0 Å². The minimum atomic E-state index is -0.442. The van der Waals surface area contributed by atoms with Crippen LogP contribution in [0, 0.1) is 3.57 Å². The van der Waals surface area contributed by atoms with Crippen LogP contribution in [0.3, 0.4) is 0 Å². The van der Waals surface area contributed by atoms with Crippen LogP contribution in [0.25, 0.3) is 22.5 Å². The maximum atomic E-state index is 6.37. The summed E-state index contributed by atoms with van der Waals surface area (Å²) >= 11 is 2.27. The fourth-order valence-electron chi connectivity index (χ4n) is 2.90. The van der Waals surface area contributed by atoms with Gasteiger partial charge < -0.3 is 10.3 Å². The molecule has 0 unspecified atom stereocenters. The molecule has 0 bridgehead atoms. The fraction of sp³-hybridized carbons (Fsp3) is 0.357. The SMILES string of the molecule is NC1(c2noc(-c3n[nH]c4ccc(I)cc34)n2)CCCC1. The van der Waals surface area contributed by atoms with E-state index in [-0.39, 0.29) is 0 Å². The summed E-state index contributed by atoms with van der Waals surface area (Å²) in [6, 6.07) is 6.07. The molecule has 1 aromatic carbocycles. The number of fused-ring (bicyclic) bond motifs is 1. The smallest absolute Gasteiger partial charge is 0.279 e. The number of hydrogen-bond donors (Lipinski definition) is 2. The van der Waals surface area contributed by atoms with Gasteiger partial charge in [-0.2, -0.15) is 10.1 Å². The van der Waals surface area contributed by atoms with Crippen LogP contribution in [0.1, 0.15) is 31.5 Å². The molecular formula is C14H14IN5O. The van der Waals surface area contributed by atoms with Crippen molar-refractivity contribution in [2.24, 2.45) is 5.73 Å². The Morgan fingerprint density at radius 2 is 2.10 bits per heavy atom. The zero-order chi connectivity index (χ0) is 14.4. The molecule has 0 radical (unpaired) electrons. The van der Waals surface area contributed by atoms with E-state index in [1.54, 1.807) is 0 Å². The summed E-state index contributed by atoms with van der Waals surface area (Å²) in [7, 11) is 0. The van der Waals surface area contributed by atoms with Crippen molar-refractivity contribution in [3.8, 4) is 11.6 Å². The van der Waals surface area contributed by atoms with Gasteiger partial charge in [-0.1, -0.05) is 18.0 Å². The number of aromatic amines is 1. The van der Waals surface area contributed by atoms with E-state index in [1.165, 1.54) is 0 Å². The second-order valence-electron chi connectivity index (χ2n) is 5.55. The topological polar surface area (TPSA) is 93.6 Å². The average molecular weight is 395 g/mol. The highest BCUT2D eigenvalue weighted by molar-refractivity contribution is 14.1. The van der Waals surface area contributed by atoms with E-state index in [0.717, 1.165) is 40.2 Å². The van der Waals surface area contributed by atoms with Crippen LogP contribution >= 0.6 is 22.6 Å². The Morgan fingerprint density at radius 1 is 1.29 bits per heavy atom. The molecule has 1 aliphatic carbocycles. The number of halogens is 1. The molecule has 0 atom stereocenters. The van der Waals surface area contributed by atoms with Crippen molar-refractivity contribution >= 4 is 33.5 Å². The number of nitrogens with zero attached hydrogens (tertiary/aromatic N) is 3. The number of rotatable bonds is 2. The quantitative estimate of drug-likeness (QED) is 0.651. The first-order chi connectivity index (χ1) is 10.2. The standard InChI is InChI=1S/C14H14IN5O/c15-8-3-4-10-9(7-8)11(19-18-10)12-17-13(20-21-12)14(16)5-1-2-6-14/h3-4,7H,1-2,5-6,16H2,(H,18,19). The Balaban J connectivity index is 1.79. The molecule has 3 N–H and O–H groups in total. The Kier molecular flexibility index (Phi) is 3.00. The van der Waals surface area contributed by atoms with Crippen molar-refractivity contribution < 1.29 is 4.52 Å². The van der Waals surface area contributed by atoms with Gasteiger partial charge in [0.05, 0.1) is 11.1 Å². The number of aromatic nitrogens is 4. The summed E-state index contributed by atoms with van der Waals surface area (Å²) in [5.41, 5.74) is 7.56. The summed E-state index contributed by atoms with van der Waals surface area (Å²) in [6.07, 6.45) is 4.05. The number of H-pyrrole nitrogens is 1. The number of benzene rings is 1. The third-order valence-electron chi connectivity index (χ3n) is 4.09. The lowest BCUT2D eigenvalue weighted by Crippen LogP contribution is -2.34. The normalized spacial score (nSPS) is 17.6. The van der Waals surface area contributed by atoms with Crippen LogP contribution in [0.5, 0.6) is 0 Å². The van der Waals surface area contributed by atoms with Gasteiger partial charge in [-0.05, 0) is 53.6 Å². The van der Waals surface area contributed by atoms with Crippen molar-refractivity contribution in [2.45, 2.75) is 31.2 Å². The molecule has 6 nitrogen and oxygen atoms in total. The maximum Gasteiger partial charge on any atom is 0.279 e. The monoisotopic (exact) mass is 395 g/mol. The molecule has 1 saturated carbocycles. The van der Waals surface area contributed by atoms with Gasteiger partial charge in [-0.25, -0.2) is 0 Å². The molecule has 4 rings (SSSR count). The van der Waals surface area contributed by atoms with Gasteiger partial charge in [0.15, 0.2) is 11.5 Å². The van der Waals surface area contributed by atoms with Crippen LogP contribution in [0.4, 0.5) is 0 Å². The highest BCUT2D eigenvalue weighted by Gasteiger charge is 2.36. The van der Waals surface area contributed by atoms with Crippen LogP contribution in [-0.4, -0.2) is 20.3 Å². The molecule has 108 valence electrons. The molecule has 0 spiro atoms. The van der Waals surface area contributed by atoms with E-state index in [2.05, 4.69) is 42.9 Å². The van der Waals surface area contributed by atoms with Crippen LogP contribution in [0.15, 0.2) is 22.7 Å². The average Bonchev–Trinajstić information content (AvgIpc) is 3.16. The molecule has 0 aliphatic heterocycles. The number of hydrogen-bond acceptors (Lipinski definition) is 5. The minimum Gasteiger partial charge on any atom is -0.332 e. The summed E-state index contributed by atoms with van der Waals surface area (Å²) in [5.74, 6) is 1.02. The lowest BCUT2D eigenvalue weighted by molar-refractivity contribution is 0.372. The second kappa shape index (κ2) is 4.77. The lowest BCUT2D eigenvalue weighted by Gasteiger charge is -2.17. The van der Waals surface area contributed by atoms with Gasteiger partial charge in [0.25, 0.3) is 5.89 Å². The largest absolute Gasteiger partial charge is 0.332 e. The molecular weight excluding hydrogens is 381 g/mol. The van der Waals surface area contributed by atoms with E-state index in [1.807, 2.05) is 18.2 Å². The Morgan fingerprint density at radius 3 is 2.90 bits per heavy atom. The minimum absolute atomic E-state index is 0.426. The second-order valence-corrected chi connectivity index (χ2v) is 6.79. The predicted octanol–water partition coefficient (Wildman–Crippen LogP) is 2.95. The van der Waals surface area contributed by atoms with E-state index < -0.39 is 5.54 Å². The Hall–Kier alpha value is -1.48. The molecule has 1 fully saturated rings. The molecule has 2 aromatic heterocycles. The number of nitrogens with one attached hydrogen (secondary N) is 1. The van der Waals surface area contributed by atoms with Crippen molar-refractivity contribution in [3.05, 3.63) is 27.6 Å². The zero-order valence-corrected chi connectivity index (χ0v) is 13.4. The first-order valence-electron chi connectivity index (χ1n) is 6.93. The maximum absolute atomic E-state index is 6.37. The molecule has 2 heterocycles. The molecule has 3 aromatic rings. The van der Waals surface area contributed by atoms with Gasteiger partial charge in [0.2, 0.25) is 0 Å². The van der Waals surface area contributed by atoms with Crippen LogP contribution in [0.2, 0.25) is 0 Å². The first kappa shape index (κ1) is 13.2. The van der Waals surface area contributed by atoms with Crippen molar-refractivity contribution in [2.75, 3.05) is 0 Å². The third kappa shape index (κ3) is 2.15. The first-order valence-corrected chi connectivity index (χ1v) is 8.01. The summed E-state index contributed by atoms with van der Waals surface area (Å²) in [5, 5.41) is 12.4. The molecule has 21 heavy (non-hydrogen) atoms. The van der Waals surface area contributed by atoms with Gasteiger partial charge in [0.1, 0.15) is 0 Å². The highest BCUT2D eigenvalue weighted by Crippen LogP contribution is 2.36. The lowest BCUT2D eigenvalue weighted by atomic mass is 9.99. The van der Waals surface area contributed by atoms with Gasteiger partial charge in [-0.15, -0.1) is 0 Å². The highest BCUT2D eigenvalue weighted by atomic mass is 127. The Bertz CT molecular complexity index is 803. The Labute approximate surface area is 134 Å². The molecule has 7 heteroatoms. The van der Waals surface area contributed by atoms with E-state index in [4.69, 9.17) is 10.3 Å². The fourth-order valence-corrected chi connectivity index (χ4v) is 3.39. The van der Waals surface area contributed by atoms with Crippen molar-refractivity contribution in [1.82, 2.24) is 20.3 Å². The number of nitrogens with two attached hydrogens (primary N) is 1. The zero-order valence-electron chi connectivity index (χ0n) is 11.3. The van der Waals surface area contributed by atoms with Crippen molar-refractivity contribution in [1.29, 1.82) is 0 Å². The van der Waals surface area contributed by atoms with Crippen LogP contribution in [-0.2, 0) is 5.54 Å². The summed E-state index contributed by atoms with van der Waals surface area (Å²) < 4.78 is 6.54. The summed E-state index contributed by atoms with van der Waals surface area (Å²) in [6.45, 7) is 0. The van der Waals surface area contributed by atoms with Crippen LogP contribution < -0.4 is 5.73 Å². The van der Waals surface area contributed by atoms with Gasteiger partial charge in [0, 0.05) is 8.96 Å². The molecule has 1 aliphatic rings. The van der Waals surface area contributed by atoms with E-state index >= 15 is 0 Å². The van der Waals surface area contributed by atoms with E-state index in [0.29, 0.717) is 17.4 Å². The summed E-state index contributed by atoms with van der Waals surface area (Å²) in [4.78, 5) is 4.50. The van der Waals surface area contributed by atoms with E-state index in [9.17, 15) is 0 Å². The predicted molar refractivity (Wildman–Crippen MR) is 86.4 cm³/mol. The van der Waals surface area contributed by atoms with Gasteiger partial charge >= 0.3 is 0 Å². The molecule has 0 saturated heterocycles. The van der Waals surface area contributed by atoms with Gasteiger partial charge in [-0.3, -0.25) is 5.10 Å².